The van der Waals surface area contributed by atoms with Gasteiger partial charge in [0.2, 0.25) is 0 Å². The van der Waals surface area contributed by atoms with Gasteiger partial charge < -0.3 is 9.80 Å². The molecule has 0 radical (unpaired) electrons. The van der Waals surface area contributed by atoms with Crippen molar-refractivity contribution < 1.29 is 0 Å². The lowest BCUT2D eigenvalue weighted by molar-refractivity contribution is 0.664. The summed E-state index contributed by atoms with van der Waals surface area (Å²) in [6.45, 7) is 15.9. The number of benzene rings is 11. The Morgan fingerprint density at radius 3 is 0.844 bits per heavy atom. The summed E-state index contributed by atoms with van der Waals surface area (Å²) in [7, 11) is 0. The van der Waals surface area contributed by atoms with Gasteiger partial charge in [0.05, 0.1) is 0 Å². The highest BCUT2D eigenvalue weighted by Gasteiger charge is 2.21. The molecule has 0 bridgehead atoms. The molecule has 0 heterocycles. The quantitative estimate of drug-likeness (QED) is 0.0499. The first-order chi connectivity index (χ1) is 44.1. The average molecular weight is 1240 g/mol. The Morgan fingerprint density at radius 2 is 0.544 bits per heavy atom. The third-order valence-corrected chi connectivity index (χ3v) is 18.7. The van der Waals surface area contributed by atoms with Crippen molar-refractivity contribution in [3.8, 4) is 66.8 Å². The first kappa shape index (κ1) is 63.1. The van der Waals surface area contributed by atoms with Gasteiger partial charge in [0.15, 0.2) is 0 Å². The minimum atomic E-state index is 1.03. The van der Waals surface area contributed by atoms with Crippen molar-refractivity contribution >= 4 is 50.1 Å². The summed E-state index contributed by atoms with van der Waals surface area (Å²) in [5.74, 6) is 0. The molecule has 454 valence electrons. The van der Waals surface area contributed by atoms with Gasteiger partial charge in [0.25, 0.3) is 0 Å². The molecule has 0 aliphatic heterocycles. The third-order valence-electron chi connectivity index (χ3n) is 18.2. The van der Waals surface area contributed by atoms with Crippen LogP contribution in [-0.4, -0.2) is 0 Å². The second kappa shape index (κ2) is 30.3. The lowest BCUT2D eigenvalue weighted by Crippen LogP contribution is -2.10. The molecule has 11 aromatic rings. The van der Waals surface area contributed by atoms with Gasteiger partial charge >= 0.3 is 0 Å². The van der Waals surface area contributed by atoms with Crippen LogP contribution in [0.4, 0.5) is 34.1 Å². The van der Waals surface area contributed by atoms with Crippen LogP contribution in [0.1, 0.15) is 131 Å². The van der Waals surface area contributed by atoms with Crippen LogP contribution < -0.4 is 9.80 Å². The molecule has 0 fully saturated rings. The number of unbranched alkanes of at least 4 members (excludes halogenated alkanes) is 6. The summed E-state index contributed by atoms with van der Waals surface area (Å²) in [4.78, 5) is 4.87. The van der Waals surface area contributed by atoms with Crippen molar-refractivity contribution in [2.45, 2.75) is 138 Å². The minimum absolute atomic E-state index is 1.03. The van der Waals surface area contributed by atoms with E-state index in [1.54, 1.807) is 0 Å². The van der Waals surface area contributed by atoms with Crippen molar-refractivity contribution in [2.24, 2.45) is 0 Å². The number of nitrogens with zero attached hydrogens (tertiary/aromatic N) is 2. The van der Waals surface area contributed by atoms with Crippen LogP contribution in [0.25, 0.3) is 66.8 Å². The predicted molar refractivity (Wildman–Crippen MR) is 394 cm³/mol. The Morgan fingerprint density at radius 1 is 0.256 bits per heavy atom. The molecule has 0 aliphatic rings. The Bertz CT molecular complexity index is 3810. The highest BCUT2D eigenvalue weighted by atomic mass is 79.9. The Hall–Kier alpha value is -8.50. The standard InChI is InChI=1S/C87H89BrN2/c1-8-12-14-16-20-75-61-87(85-57-55-83(59-64(85)7)90(81-52-42-74(43-53-81)70-34-44-77(88)45-35-70)80-50-40-73(41-51-80)69-32-26-66(19-11-4)27-33-69)76(21-17-15-13-9-2)60-86(75)84-56-54-82(58-63(84)6)89(78-46-36-71(37-47-78)67-28-22-62(5)23-29-67)79-48-38-72(39-49-79)68-30-24-65(18-10-3)25-31-68/h22-61H,8-21H2,1-7H3. The Labute approximate surface area is 547 Å². The summed E-state index contributed by atoms with van der Waals surface area (Å²) in [6.07, 6.45) is 16.3. The first-order valence-electron chi connectivity index (χ1n) is 33.5. The van der Waals surface area contributed by atoms with Crippen LogP contribution in [0.15, 0.2) is 247 Å². The molecule has 0 unspecified atom stereocenters. The fourth-order valence-corrected chi connectivity index (χ4v) is 13.3. The zero-order chi connectivity index (χ0) is 62.3. The van der Waals surface area contributed by atoms with Crippen LogP contribution in [0, 0.1) is 20.8 Å². The third kappa shape index (κ3) is 15.2. The number of rotatable bonds is 26. The number of halogens is 1. The van der Waals surface area contributed by atoms with Crippen molar-refractivity contribution in [1.82, 2.24) is 0 Å². The predicted octanol–water partition coefficient (Wildman–Crippen LogP) is 26.5. The summed E-state index contributed by atoms with van der Waals surface area (Å²) in [6, 6.07) is 91.9. The summed E-state index contributed by atoms with van der Waals surface area (Å²) in [5.41, 5.74) is 31.4. The minimum Gasteiger partial charge on any atom is -0.310 e. The second-order valence-corrected chi connectivity index (χ2v) is 25.8. The van der Waals surface area contributed by atoms with Gasteiger partial charge in [-0.15, -0.1) is 0 Å². The maximum Gasteiger partial charge on any atom is 0.0464 e. The highest BCUT2D eigenvalue weighted by Crippen LogP contribution is 2.44. The SMILES string of the molecule is CCCCCCc1cc(-c2ccc(N(c3ccc(-c4ccc(Br)cc4)cc3)c3ccc(-c4ccc(CCC)cc4)cc3)cc2C)c(CCCCCC)cc1-c1ccc(N(c2ccc(-c3ccc(C)cc3)cc2)c2ccc(-c3ccc(CCC)cc3)cc2)cc1C. The summed E-state index contributed by atoms with van der Waals surface area (Å²) < 4.78 is 1.08. The molecule has 0 spiro atoms. The molecule has 0 N–H and O–H groups in total. The van der Waals surface area contributed by atoms with Gasteiger partial charge in [-0.05, 0) is 244 Å². The van der Waals surface area contributed by atoms with E-state index in [9.17, 15) is 0 Å². The molecule has 2 nitrogen and oxygen atoms in total. The fraction of sp³-hybridized carbons (Fsp3) is 0.241. The lowest BCUT2D eigenvalue weighted by atomic mass is 9.84. The normalized spacial score (nSPS) is 11.3. The molecular weight excluding hydrogens is 1150 g/mol. The monoisotopic (exact) mass is 1240 g/mol. The maximum absolute atomic E-state index is 3.64. The van der Waals surface area contributed by atoms with Crippen LogP contribution in [-0.2, 0) is 25.7 Å². The van der Waals surface area contributed by atoms with Crippen molar-refractivity contribution in [3.05, 3.63) is 286 Å². The Kier molecular flexibility index (Phi) is 21.3. The summed E-state index contributed by atoms with van der Waals surface area (Å²) in [5, 5.41) is 0. The lowest BCUT2D eigenvalue weighted by Gasteiger charge is -2.28. The topological polar surface area (TPSA) is 6.48 Å². The summed E-state index contributed by atoms with van der Waals surface area (Å²) >= 11 is 3.64. The van der Waals surface area contributed by atoms with E-state index in [0.29, 0.717) is 0 Å². The van der Waals surface area contributed by atoms with E-state index in [1.165, 1.54) is 144 Å². The molecule has 11 rings (SSSR count). The number of anilines is 6. The largest absolute Gasteiger partial charge is 0.310 e. The van der Waals surface area contributed by atoms with E-state index in [4.69, 9.17) is 0 Å². The van der Waals surface area contributed by atoms with Gasteiger partial charge in [-0.2, -0.15) is 0 Å². The average Bonchev–Trinajstić information content (AvgIpc) is 0.856. The molecule has 0 saturated heterocycles. The van der Waals surface area contributed by atoms with E-state index in [0.717, 1.165) is 90.0 Å². The van der Waals surface area contributed by atoms with Crippen molar-refractivity contribution in [2.75, 3.05) is 9.80 Å². The zero-order valence-electron chi connectivity index (χ0n) is 54.3. The highest BCUT2D eigenvalue weighted by molar-refractivity contribution is 9.10. The molecule has 0 saturated carbocycles. The molecule has 11 aromatic carbocycles. The van der Waals surface area contributed by atoms with Crippen LogP contribution in [0.2, 0.25) is 0 Å². The smallest absolute Gasteiger partial charge is 0.0464 e. The molecule has 0 amide bonds. The first-order valence-corrected chi connectivity index (χ1v) is 34.3. The van der Waals surface area contributed by atoms with Crippen molar-refractivity contribution in [1.29, 1.82) is 0 Å². The maximum atomic E-state index is 3.64. The number of hydrogen-bond donors (Lipinski definition) is 0. The van der Waals surface area contributed by atoms with E-state index in [-0.39, 0.29) is 0 Å². The van der Waals surface area contributed by atoms with Gasteiger partial charge in [-0.25, -0.2) is 0 Å². The molecule has 0 aromatic heterocycles. The number of hydrogen-bond acceptors (Lipinski definition) is 2. The van der Waals surface area contributed by atoms with Gasteiger partial charge in [-0.3, -0.25) is 0 Å². The van der Waals surface area contributed by atoms with E-state index in [1.807, 2.05) is 0 Å². The second-order valence-electron chi connectivity index (χ2n) is 24.9. The van der Waals surface area contributed by atoms with E-state index < -0.39 is 0 Å². The van der Waals surface area contributed by atoms with Gasteiger partial charge in [0, 0.05) is 38.6 Å². The van der Waals surface area contributed by atoms with Crippen molar-refractivity contribution in [3.63, 3.8) is 0 Å². The Balaban J connectivity index is 0.976. The van der Waals surface area contributed by atoms with Gasteiger partial charge in [0.1, 0.15) is 0 Å². The molecule has 90 heavy (non-hydrogen) atoms. The molecule has 0 atom stereocenters. The molecule has 0 aliphatic carbocycles. The number of aryl methyl sites for hydroxylation is 7. The van der Waals surface area contributed by atoms with Crippen LogP contribution in [0.5, 0.6) is 0 Å². The fourth-order valence-electron chi connectivity index (χ4n) is 13.1. The van der Waals surface area contributed by atoms with Crippen LogP contribution >= 0.6 is 15.9 Å². The van der Waals surface area contributed by atoms with E-state index >= 15 is 0 Å². The molecule has 3 heteroatoms. The molecular formula is C87H89BrN2. The van der Waals surface area contributed by atoms with Crippen LogP contribution in [0.3, 0.4) is 0 Å². The van der Waals surface area contributed by atoms with Gasteiger partial charge in [-0.1, -0.05) is 258 Å². The van der Waals surface area contributed by atoms with E-state index in [2.05, 4.69) is 317 Å². The zero-order valence-corrected chi connectivity index (χ0v) is 55.9.